The van der Waals surface area contributed by atoms with Gasteiger partial charge >= 0.3 is 5.97 Å². The van der Waals surface area contributed by atoms with Gasteiger partial charge in [-0.15, -0.1) is 0 Å². The van der Waals surface area contributed by atoms with Gasteiger partial charge in [0.05, 0.1) is 18.5 Å². The van der Waals surface area contributed by atoms with Crippen LogP contribution in [0.1, 0.15) is 17.9 Å². The average Bonchev–Trinajstić information content (AvgIpc) is 2.80. The van der Waals surface area contributed by atoms with E-state index in [0.717, 1.165) is 48.8 Å². The summed E-state index contributed by atoms with van der Waals surface area (Å²) < 4.78 is 4.95. The number of benzene rings is 2. The van der Waals surface area contributed by atoms with Gasteiger partial charge in [-0.05, 0) is 31.2 Å². The van der Waals surface area contributed by atoms with E-state index in [4.69, 9.17) is 4.74 Å². The fourth-order valence-corrected chi connectivity index (χ4v) is 4.45. The maximum absolute atomic E-state index is 13.0. The number of para-hydroxylation sites is 2. The maximum atomic E-state index is 13.0. The van der Waals surface area contributed by atoms with E-state index in [-0.39, 0.29) is 11.7 Å². The molecule has 6 heteroatoms. The number of hydrogen-bond donors (Lipinski definition) is 1. The van der Waals surface area contributed by atoms with Crippen molar-refractivity contribution >= 4 is 23.1 Å². The van der Waals surface area contributed by atoms with Crippen LogP contribution in [0, 0.1) is 5.92 Å². The molecule has 31 heavy (non-hydrogen) atoms. The van der Waals surface area contributed by atoms with E-state index in [0.29, 0.717) is 6.42 Å². The first-order valence-electron chi connectivity index (χ1n) is 10.7. The Morgan fingerprint density at radius 3 is 2.39 bits per heavy atom. The van der Waals surface area contributed by atoms with Gasteiger partial charge in [-0.3, -0.25) is 9.59 Å². The van der Waals surface area contributed by atoms with E-state index >= 15 is 0 Å². The highest BCUT2D eigenvalue weighted by molar-refractivity contribution is 6.07. The highest BCUT2D eigenvalue weighted by atomic mass is 16.5. The van der Waals surface area contributed by atoms with Gasteiger partial charge in [0, 0.05) is 43.9 Å². The van der Waals surface area contributed by atoms with Gasteiger partial charge in [0.1, 0.15) is 5.92 Å². The fourth-order valence-electron chi connectivity index (χ4n) is 4.45. The minimum Gasteiger partial charge on any atom is -0.468 e. The van der Waals surface area contributed by atoms with Crippen molar-refractivity contribution in [1.29, 1.82) is 0 Å². The number of anilines is 2. The van der Waals surface area contributed by atoms with Crippen LogP contribution in [0.5, 0.6) is 0 Å². The molecule has 1 heterocycles. The van der Waals surface area contributed by atoms with Gasteiger partial charge in [0.2, 0.25) is 0 Å². The number of carbonyl (C=O) groups is 2. The Balaban J connectivity index is 1.61. The van der Waals surface area contributed by atoms with Gasteiger partial charge in [-0.25, -0.2) is 0 Å². The monoisotopic (exact) mass is 419 g/mol. The Bertz CT molecular complexity index is 965. The van der Waals surface area contributed by atoms with Crippen molar-refractivity contribution in [3.63, 3.8) is 0 Å². The van der Waals surface area contributed by atoms with Crippen molar-refractivity contribution in [1.82, 2.24) is 4.90 Å². The summed E-state index contributed by atoms with van der Waals surface area (Å²) in [7, 11) is 3.48. The number of piperazine rings is 1. The molecule has 0 aromatic heterocycles. The zero-order valence-corrected chi connectivity index (χ0v) is 18.1. The number of allylic oxidation sites excluding steroid dienone is 2. The molecule has 162 valence electrons. The lowest BCUT2D eigenvalue weighted by Gasteiger charge is -2.35. The van der Waals surface area contributed by atoms with Crippen molar-refractivity contribution < 1.29 is 14.3 Å². The molecule has 0 spiro atoms. The molecule has 1 fully saturated rings. The molecular weight excluding hydrogens is 390 g/mol. The van der Waals surface area contributed by atoms with Gasteiger partial charge in [-0.1, -0.05) is 42.5 Å². The number of esters is 1. The summed E-state index contributed by atoms with van der Waals surface area (Å²) in [6.45, 7) is 3.97. The zero-order valence-electron chi connectivity index (χ0n) is 18.1. The second kappa shape index (κ2) is 9.35. The molecule has 0 amide bonds. The summed E-state index contributed by atoms with van der Waals surface area (Å²) in [5.74, 6) is -1.77. The molecule has 2 atom stereocenters. The first-order chi connectivity index (χ1) is 15.1. The van der Waals surface area contributed by atoms with Gasteiger partial charge in [-0.2, -0.15) is 0 Å². The molecule has 6 nitrogen and oxygen atoms in total. The Hall–Kier alpha value is -3.12. The number of carbonyl (C=O) groups excluding carboxylic acids is 2. The third-order valence-corrected chi connectivity index (χ3v) is 6.19. The first kappa shape index (κ1) is 21.1. The van der Waals surface area contributed by atoms with Crippen molar-refractivity contribution in [2.45, 2.75) is 12.3 Å². The van der Waals surface area contributed by atoms with Crippen LogP contribution in [0.4, 0.5) is 11.4 Å². The number of methoxy groups -OCH3 is 1. The Morgan fingerprint density at radius 1 is 1.00 bits per heavy atom. The quantitative estimate of drug-likeness (QED) is 0.593. The Kier molecular flexibility index (Phi) is 6.37. The second-order valence-corrected chi connectivity index (χ2v) is 8.23. The van der Waals surface area contributed by atoms with E-state index < -0.39 is 11.9 Å². The number of rotatable bonds is 5. The van der Waals surface area contributed by atoms with E-state index in [9.17, 15) is 9.59 Å². The van der Waals surface area contributed by atoms with E-state index in [1.54, 1.807) is 6.08 Å². The lowest BCUT2D eigenvalue weighted by atomic mass is 9.76. The first-order valence-corrected chi connectivity index (χ1v) is 10.7. The molecule has 1 aliphatic carbocycles. The summed E-state index contributed by atoms with van der Waals surface area (Å²) in [5.41, 5.74) is 3.90. The van der Waals surface area contributed by atoms with Crippen molar-refractivity contribution in [3.05, 3.63) is 71.9 Å². The number of ether oxygens (including phenoxy) is 1. The number of nitrogens with zero attached hydrogens (tertiary/aromatic N) is 2. The predicted molar refractivity (Wildman–Crippen MR) is 122 cm³/mol. The molecule has 1 N–H and O–H groups in total. The number of nitrogens with one attached hydrogen (secondary N) is 1. The fraction of sp³-hybridized carbons (Fsp3) is 0.360. The van der Waals surface area contributed by atoms with Crippen LogP contribution in [0.25, 0.3) is 0 Å². The van der Waals surface area contributed by atoms with E-state index in [1.165, 1.54) is 7.11 Å². The molecule has 0 radical (unpaired) electrons. The number of likely N-dealkylation sites (N-methyl/N-ethyl adjacent to an activating group) is 1. The zero-order chi connectivity index (χ0) is 21.8. The Labute approximate surface area is 183 Å². The summed E-state index contributed by atoms with van der Waals surface area (Å²) in [5, 5.41) is 3.50. The lowest BCUT2D eigenvalue weighted by molar-refractivity contribution is -0.149. The molecule has 0 bridgehead atoms. The molecule has 2 aromatic carbocycles. The van der Waals surface area contributed by atoms with Gasteiger partial charge in [0.15, 0.2) is 5.78 Å². The lowest BCUT2D eigenvalue weighted by Crippen LogP contribution is -2.44. The molecule has 2 unspecified atom stereocenters. The topological polar surface area (TPSA) is 61.9 Å². The minimum atomic E-state index is -0.814. The third-order valence-electron chi connectivity index (χ3n) is 6.19. The van der Waals surface area contributed by atoms with Crippen molar-refractivity contribution in [2.24, 2.45) is 5.92 Å². The largest absolute Gasteiger partial charge is 0.468 e. The van der Waals surface area contributed by atoms with Crippen LogP contribution in [-0.2, 0) is 14.3 Å². The second-order valence-electron chi connectivity index (χ2n) is 8.23. The minimum absolute atomic E-state index is 0.216. The smallest absolute Gasteiger partial charge is 0.317 e. The van der Waals surface area contributed by atoms with Crippen LogP contribution in [-0.4, -0.2) is 57.0 Å². The van der Waals surface area contributed by atoms with Crippen molar-refractivity contribution in [2.75, 3.05) is 50.6 Å². The summed E-state index contributed by atoms with van der Waals surface area (Å²) in [4.78, 5) is 30.1. The summed E-state index contributed by atoms with van der Waals surface area (Å²) >= 11 is 0. The molecule has 1 aliphatic heterocycles. The summed E-state index contributed by atoms with van der Waals surface area (Å²) in [6.07, 6.45) is 2.13. The average molecular weight is 420 g/mol. The molecule has 0 saturated carbocycles. The van der Waals surface area contributed by atoms with Crippen LogP contribution in [0.15, 0.2) is 66.4 Å². The summed E-state index contributed by atoms with van der Waals surface area (Å²) in [6, 6.07) is 17.9. The predicted octanol–water partition coefficient (Wildman–Crippen LogP) is 3.28. The molecule has 1 saturated heterocycles. The normalized spacial score (nSPS) is 22.1. The SMILES string of the molecule is COC(=O)C1C(=O)C=C(Nc2ccccc2N2CCN(C)CC2)CC1c1ccccc1. The Morgan fingerprint density at radius 2 is 1.68 bits per heavy atom. The van der Waals surface area contributed by atoms with Gasteiger partial charge < -0.3 is 19.9 Å². The highest BCUT2D eigenvalue weighted by Gasteiger charge is 2.39. The van der Waals surface area contributed by atoms with Crippen LogP contribution >= 0.6 is 0 Å². The number of hydrogen-bond acceptors (Lipinski definition) is 6. The maximum Gasteiger partial charge on any atom is 0.317 e. The highest BCUT2D eigenvalue weighted by Crippen LogP contribution is 2.38. The van der Waals surface area contributed by atoms with Crippen molar-refractivity contribution in [3.8, 4) is 0 Å². The molecular formula is C25H29N3O3. The van der Waals surface area contributed by atoms with Gasteiger partial charge in [0.25, 0.3) is 0 Å². The van der Waals surface area contributed by atoms with E-state index in [1.807, 2.05) is 48.5 Å². The van der Waals surface area contributed by atoms with Crippen LogP contribution < -0.4 is 10.2 Å². The van der Waals surface area contributed by atoms with Crippen LogP contribution in [0.2, 0.25) is 0 Å². The molecule has 2 aromatic rings. The molecule has 4 rings (SSSR count). The molecule has 2 aliphatic rings. The number of ketones is 1. The standard InChI is InChI=1S/C25H29N3O3/c1-27-12-14-28(15-13-27)22-11-7-6-10-21(22)26-19-16-20(18-8-4-3-5-9-18)24(23(29)17-19)25(30)31-2/h3-11,17,20,24,26H,12-16H2,1-2H3. The third kappa shape index (κ3) is 4.64. The van der Waals surface area contributed by atoms with Crippen LogP contribution in [0.3, 0.4) is 0 Å². The van der Waals surface area contributed by atoms with E-state index in [2.05, 4.69) is 28.2 Å².